The first-order valence-electron chi connectivity index (χ1n) is 10.1. The van der Waals surface area contributed by atoms with Gasteiger partial charge < -0.3 is 5.32 Å². The van der Waals surface area contributed by atoms with E-state index in [9.17, 15) is 4.79 Å². The second kappa shape index (κ2) is 6.62. The summed E-state index contributed by atoms with van der Waals surface area (Å²) >= 11 is 0. The molecule has 0 aliphatic heterocycles. The Morgan fingerprint density at radius 1 is 1.23 bits per heavy atom. The van der Waals surface area contributed by atoms with Crippen LogP contribution in [-0.4, -0.2) is 6.41 Å². The van der Waals surface area contributed by atoms with E-state index in [-0.39, 0.29) is 0 Å². The van der Waals surface area contributed by atoms with Crippen molar-refractivity contribution < 1.29 is 4.79 Å². The van der Waals surface area contributed by atoms with Crippen LogP contribution in [0.3, 0.4) is 0 Å². The topological polar surface area (TPSA) is 29.1 Å². The van der Waals surface area contributed by atoms with Gasteiger partial charge in [-0.1, -0.05) is 24.5 Å². The molecule has 26 heavy (non-hydrogen) atoms. The first-order valence-corrected chi connectivity index (χ1v) is 10.1. The molecule has 2 fully saturated rings. The predicted octanol–water partition coefficient (Wildman–Crippen LogP) is 5.43. The van der Waals surface area contributed by atoms with Crippen LogP contribution >= 0.6 is 0 Å². The number of rotatable bonds is 2. The van der Waals surface area contributed by atoms with Crippen molar-refractivity contribution in [3.05, 3.63) is 40.5 Å². The van der Waals surface area contributed by atoms with Gasteiger partial charge >= 0.3 is 0 Å². The van der Waals surface area contributed by atoms with E-state index in [1.165, 1.54) is 43.2 Å². The van der Waals surface area contributed by atoms with Crippen molar-refractivity contribution in [2.24, 2.45) is 17.3 Å². The van der Waals surface area contributed by atoms with Crippen LogP contribution in [-0.2, 0) is 11.2 Å². The van der Waals surface area contributed by atoms with Crippen molar-refractivity contribution in [2.45, 2.75) is 65.2 Å². The van der Waals surface area contributed by atoms with E-state index in [4.69, 9.17) is 0 Å². The van der Waals surface area contributed by atoms with Crippen molar-refractivity contribution in [3.63, 3.8) is 0 Å². The Labute approximate surface area is 157 Å². The SMILES string of the molecule is CC#Cc1cc2c(cc1NC=O)CCC1C2CC[C@]2(C)/C(=C\C)CCC12. The van der Waals surface area contributed by atoms with Crippen LogP contribution in [0.2, 0.25) is 0 Å². The number of aryl methyl sites for hydroxylation is 1. The van der Waals surface area contributed by atoms with Gasteiger partial charge in [0, 0.05) is 5.56 Å². The third kappa shape index (κ3) is 2.52. The van der Waals surface area contributed by atoms with E-state index < -0.39 is 0 Å². The zero-order chi connectivity index (χ0) is 18.3. The Morgan fingerprint density at radius 2 is 2.08 bits per heavy atom. The minimum absolute atomic E-state index is 0.429. The molecule has 0 aromatic heterocycles. The van der Waals surface area contributed by atoms with Crippen LogP contribution in [0.15, 0.2) is 23.8 Å². The Bertz CT molecular complexity index is 825. The zero-order valence-corrected chi connectivity index (χ0v) is 16.2. The number of amides is 1. The van der Waals surface area contributed by atoms with Crippen molar-refractivity contribution in [1.29, 1.82) is 0 Å². The molecule has 136 valence electrons. The highest BCUT2D eigenvalue weighted by molar-refractivity contribution is 5.77. The first kappa shape index (κ1) is 17.4. The fourth-order valence-electron chi connectivity index (χ4n) is 6.36. The van der Waals surface area contributed by atoms with E-state index in [2.05, 4.69) is 49.2 Å². The summed E-state index contributed by atoms with van der Waals surface area (Å²) in [4.78, 5) is 11.0. The van der Waals surface area contributed by atoms with Gasteiger partial charge in [0.15, 0.2) is 0 Å². The first-order chi connectivity index (χ1) is 12.6. The van der Waals surface area contributed by atoms with Crippen LogP contribution in [0.25, 0.3) is 0 Å². The lowest BCUT2D eigenvalue weighted by Crippen LogP contribution is -2.40. The monoisotopic (exact) mass is 347 g/mol. The molecule has 4 rings (SSSR count). The quantitative estimate of drug-likeness (QED) is 0.431. The van der Waals surface area contributed by atoms with E-state index in [1.807, 2.05) is 6.92 Å². The second-order valence-corrected chi connectivity index (χ2v) is 8.46. The predicted molar refractivity (Wildman–Crippen MR) is 107 cm³/mol. The summed E-state index contributed by atoms with van der Waals surface area (Å²) in [6, 6.07) is 4.46. The fourth-order valence-corrected chi connectivity index (χ4v) is 6.36. The minimum Gasteiger partial charge on any atom is -0.328 e. The number of benzene rings is 1. The molecule has 2 heteroatoms. The average molecular weight is 348 g/mol. The van der Waals surface area contributed by atoms with Gasteiger partial charge in [-0.25, -0.2) is 0 Å². The molecule has 0 radical (unpaired) electrons. The number of hydrogen-bond donors (Lipinski definition) is 1. The summed E-state index contributed by atoms with van der Waals surface area (Å²) in [5.41, 5.74) is 6.89. The third-order valence-corrected chi connectivity index (χ3v) is 7.53. The molecule has 3 unspecified atom stereocenters. The molecular weight excluding hydrogens is 318 g/mol. The normalized spacial score (nSPS) is 33.5. The van der Waals surface area contributed by atoms with Gasteiger partial charge in [-0.05, 0) is 98.8 Å². The van der Waals surface area contributed by atoms with Crippen LogP contribution in [0, 0.1) is 29.1 Å². The number of anilines is 1. The van der Waals surface area contributed by atoms with Crippen molar-refractivity contribution in [2.75, 3.05) is 5.32 Å². The number of carbonyl (C=O) groups is 1. The van der Waals surface area contributed by atoms with Crippen LogP contribution in [0.4, 0.5) is 5.69 Å². The average Bonchev–Trinajstić information content (AvgIpc) is 2.99. The summed E-state index contributed by atoms with van der Waals surface area (Å²) in [7, 11) is 0. The van der Waals surface area contributed by atoms with Gasteiger partial charge in [0.1, 0.15) is 0 Å². The fraction of sp³-hybridized carbons (Fsp3) is 0.542. The minimum atomic E-state index is 0.429. The largest absolute Gasteiger partial charge is 0.328 e. The van der Waals surface area contributed by atoms with Gasteiger partial charge in [0.25, 0.3) is 0 Å². The van der Waals surface area contributed by atoms with Crippen LogP contribution < -0.4 is 5.32 Å². The lowest BCUT2D eigenvalue weighted by atomic mass is 9.55. The molecule has 0 heterocycles. The Balaban J connectivity index is 1.73. The van der Waals surface area contributed by atoms with E-state index in [0.717, 1.165) is 35.9 Å². The van der Waals surface area contributed by atoms with Gasteiger partial charge in [0.2, 0.25) is 6.41 Å². The number of fused-ring (bicyclic) bond motifs is 5. The van der Waals surface area contributed by atoms with Gasteiger partial charge in [-0.15, -0.1) is 5.92 Å². The van der Waals surface area contributed by atoms with Gasteiger partial charge in [0.05, 0.1) is 5.69 Å². The van der Waals surface area contributed by atoms with E-state index in [0.29, 0.717) is 11.3 Å². The smallest absolute Gasteiger partial charge is 0.211 e. The van der Waals surface area contributed by atoms with Crippen LogP contribution in [0.5, 0.6) is 0 Å². The number of allylic oxidation sites excluding steroid dienone is 2. The molecule has 3 aliphatic carbocycles. The lowest BCUT2D eigenvalue weighted by Gasteiger charge is -2.49. The molecular formula is C24H29NO. The maximum Gasteiger partial charge on any atom is 0.211 e. The summed E-state index contributed by atoms with van der Waals surface area (Å²) in [5, 5.41) is 2.85. The van der Waals surface area contributed by atoms with E-state index in [1.54, 1.807) is 5.57 Å². The Morgan fingerprint density at radius 3 is 2.81 bits per heavy atom. The van der Waals surface area contributed by atoms with Gasteiger partial charge in [-0.3, -0.25) is 4.79 Å². The third-order valence-electron chi connectivity index (χ3n) is 7.53. The summed E-state index contributed by atoms with van der Waals surface area (Å²) in [6.07, 6.45) is 10.8. The maximum absolute atomic E-state index is 11.0. The molecule has 0 bridgehead atoms. The molecule has 0 spiro atoms. The zero-order valence-electron chi connectivity index (χ0n) is 16.2. The molecule has 2 saturated carbocycles. The van der Waals surface area contributed by atoms with Crippen molar-refractivity contribution in [1.82, 2.24) is 0 Å². The molecule has 1 aromatic carbocycles. The Hall–Kier alpha value is -2.01. The van der Waals surface area contributed by atoms with Crippen LogP contribution in [0.1, 0.15) is 75.5 Å². The molecule has 0 saturated heterocycles. The summed E-state index contributed by atoms with van der Waals surface area (Å²) in [5.74, 6) is 8.49. The molecule has 1 amide bonds. The van der Waals surface area contributed by atoms with Crippen molar-refractivity contribution in [3.8, 4) is 11.8 Å². The highest BCUT2D eigenvalue weighted by Gasteiger charge is 2.52. The van der Waals surface area contributed by atoms with Crippen molar-refractivity contribution >= 4 is 12.1 Å². The van der Waals surface area contributed by atoms with E-state index >= 15 is 0 Å². The number of carbonyl (C=O) groups excluding carboxylic acids is 1. The Kier molecular flexibility index (Phi) is 4.43. The summed E-state index contributed by atoms with van der Waals surface area (Å²) in [6.45, 7) is 6.61. The molecule has 1 aromatic rings. The van der Waals surface area contributed by atoms with Gasteiger partial charge in [-0.2, -0.15) is 0 Å². The highest BCUT2D eigenvalue weighted by atomic mass is 16.1. The molecule has 3 aliphatic rings. The summed E-state index contributed by atoms with van der Waals surface area (Å²) < 4.78 is 0. The molecule has 4 atom stereocenters. The number of nitrogens with one attached hydrogen (secondary N) is 1. The highest BCUT2D eigenvalue weighted by Crippen LogP contribution is 2.62. The molecule has 2 nitrogen and oxygen atoms in total. The lowest BCUT2D eigenvalue weighted by molar-refractivity contribution is -0.105. The standard InChI is InChI=1S/C24H29NO/c1-4-6-17-13-21-16(14-23(17)25-15-26)7-9-20-19(21)11-12-24(3)18(5-2)8-10-22(20)24/h5,13-15,19-20,22H,7-12H2,1-3H3,(H,25,26)/b18-5-/t19?,20?,22?,24-/m1/s1. The second-order valence-electron chi connectivity index (χ2n) is 8.46. The molecule has 1 N–H and O–H groups in total. The number of hydrogen-bond acceptors (Lipinski definition) is 1. The maximum atomic E-state index is 11.0.